The molecule has 0 radical (unpaired) electrons. The van der Waals surface area contributed by atoms with E-state index in [4.69, 9.17) is 11.6 Å². The van der Waals surface area contributed by atoms with Crippen molar-refractivity contribution in [3.8, 4) is 0 Å². The van der Waals surface area contributed by atoms with Crippen LogP contribution < -0.4 is 10.0 Å². The second-order valence-electron chi connectivity index (χ2n) is 8.26. The van der Waals surface area contributed by atoms with Gasteiger partial charge >= 0.3 is 0 Å². The molecular weight excluding hydrogens is 456 g/mol. The van der Waals surface area contributed by atoms with E-state index >= 15 is 0 Å². The lowest BCUT2D eigenvalue weighted by Gasteiger charge is -2.22. The van der Waals surface area contributed by atoms with Gasteiger partial charge in [0.15, 0.2) is 0 Å². The van der Waals surface area contributed by atoms with Gasteiger partial charge in [0.25, 0.3) is 10.0 Å². The summed E-state index contributed by atoms with van der Waals surface area (Å²) in [4.78, 5) is 8.92. The molecule has 33 heavy (non-hydrogen) atoms. The van der Waals surface area contributed by atoms with Crippen LogP contribution in [0.1, 0.15) is 48.8 Å². The average Bonchev–Trinajstić information content (AvgIpc) is 2.80. The Balaban J connectivity index is 1.41. The van der Waals surface area contributed by atoms with Gasteiger partial charge in [0.1, 0.15) is 4.90 Å². The molecule has 0 atom stereocenters. The fraction of sp³-hybridized carbons (Fsp3) is 0.280. The Kier molecular flexibility index (Phi) is 7.30. The smallest absolute Gasteiger partial charge is 0.263 e. The van der Waals surface area contributed by atoms with E-state index < -0.39 is 10.0 Å². The molecule has 4 rings (SSSR count). The van der Waals surface area contributed by atoms with Gasteiger partial charge in [-0.25, -0.2) is 18.4 Å². The third-order valence-corrected chi connectivity index (χ3v) is 7.59. The molecule has 0 bridgehead atoms. The largest absolute Gasteiger partial charge is 0.351 e. The van der Waals surface area contributed by atoms with Gasteiger partial charge in [-0.15, -0.1) is 0 Å². The number of hydrogen-bond donors (Lipinski definition) is 2. The topological polar surface area (TPSA) is 84.0 Å². The van der Waals surface area contributed by atoms with Crippen molar-refractivity contribution in [3.05, 3.63) is 76.6 Å². The number of aromatic nitrogens is 2. The van der Waals surface area contributed by atoms with E-state index in [1.807, 2.05) is 25.1 Å². The standard InChI is InChI=1S/C25H27ClN4O2S/c1-18-15-22(30-33(31,32)24-10-6-5-9-23(24)26)14-13-20(18)12-11-19-16-27-25(28-17-19)29-21-7-3-2-4-8-21/h5-6,9-17,21,30H,2-4,7-8H2,1H3,(H,27,28,29)/b12-11+. The molecule has 0 aliphatic heterocycles. The molecule has 0 unspecified atom stereocenters. The maximum atomic E-state index is 12.7. The van der Waals surface area contributed by atoms with Crippen LogP contribution in [0, 0.1) is 6.92 Å². The first kappa shape index (κ1) is 23.3. The molecule has 2 N–H and O–H groups in total. The lowest BCUT2D eigenvalue weighted by Crippen LogP contribution is -2.23. The summed E-state index contributed by atoms with van der Waals surface area (Å²) in [5, 5.41) is 3.60. The number of nitrogens with zero attached hydrogens (tertiary/aromatic N) is 2. The van der Waals surface area contributed by atoms with Gasteiger partial charge in [0.05, 0.1) is 5.02 Å². The highest BCUT2D eigenvalue weighted by atomic mass is 35.5. The van der Waals surface area contributed by atoms with Gasteiger partial charge in [-0.1, -0.05) is 61.2 Å². The Morgan fingerprint density at radius 1 is 1.00 bits per heavy atom. The highest BCUT2D eigenvalue weighted by Gasteiger charge is 2.17. The third kappa shape index (κ3) is 6.12. The van der Waals surface area contributed by atoms with Crippen molar-refractivity contribution in [2.75, 3.05) is 10.0 Å². The highest BCUT2D eigenvalue weighted by molar-refractivity contribution is 7.92. The zero-order valence-electron chi connectivity index (χ0n) is 18.5. The molecule has 1 aliphatic rings. The molecule has 8 heteroatoms. The van der Waals surface area contributed by atoms with E-state index in [0.717, 1.165) is 16.7 Å². The molecule has 6 nitrogen and oxygen atoms in total. The molecule has 0 spiro atoms. The van der Waals surface area contributed by atoms with E-state index in [-0.39, 0.29) is 9.92 Å². The zero-order chi connectivity index (χ0) is 23.3. The minimum absolute atomic E-state index is 0.0507. The minimum Gasteiger partial charge on any atom is -0.351 e. The highest BCUT2D eigenvalue weighted by Crippen LogP contribution is 2.25. The number of hydrogen-bond acceptors (Lipinski definition) is 5. The maximum Gasteiger partial charge on any atom is 0.263 e. The van der Waals surface area contributed by atoms with Crippen LogP contribution in [0.5, 0.6) is 0 Å². The summed E-state index contributed by atoms with van der Waals surface area (Å²) in [7, 11) is -3.77. The van der Waals surface area contributed by atoms with Gasteiger partial charge in [-0.05, 0) is 55.2 Å². The van der Waals surface area contributed by atoms with Crippen molar-refractivity contribution >= 4 is 45.4 Å². The summed E-state index contributed by atoms with van der Waals surface area (Å²) in [6.45, 7) is 1.93. The Labute approximate surface area is 200 Å². The van der Waals surface area contributed by atoms with Crippen LogP contribution in [0.15, 0.2) is 59.8 Å². The van der Waals surface area contributed by atoms with Gasteiger partial charge in [-0.2, -0.15) is 0 Å². The van der Waals surface area contributed by atoms with Crippen molar-refractivity contribution in [3.63, 3.8) is 0 Å². The first-order valence-electron chi connectivity index (χ1n) is 11.1. The first-order chi connectivity index (χ1) is 15.9. The van der Waals surface area contributed by atoms with E-state index in [2.05, 4.69) is 20.0 Å². The van der Waals surface area contributed by atoms with Gasteiger partial charge in [0, 0.05) is 29.7 Å². The Morgan fingerprint density at radius 2 is 1.73 bits per heavy atom. The summed E-state index contributed by atoms with van der Waals surface area (Å²) >= 11 is 6.05. The SMILES string of the molecule is Cc1cc(NS(=O)(=O)c2ccccc2Cl)ccc1/C=C/c1cnc(NC2CCCCC2)nc1. The molecule has 0 amide bonds. The predicted octanol–water partition coefficient (Wildman–Crippen LogP) is 6.15. The van der Waals surface area contributed by atoms with Crippen molar-refractivity contribution in [1.82, 2.24) is 9.97 Å². The second kappa shape index (κ2) is 10.4. The van der Waals surface area contributed by atoms with Crippen LogP contribution in [0.25, 0.3) is 12.2 Å². The quantitative estimate of drug-likeness (QED) is 0.421. The average molecular weight is 483 g/mol. The van der Waals surface area contributed by atoms with E-state index in [9.17, 15) is 8.42 Å². The van der Waals surface area contributed by atoms with E-state index in [0.29, 0.717) is 17.7 Å². The van der Waals surface area contributed by atoms with Crippen LogP contribution in [0.4, 0.5) is 11.6 Å². The van der Waals surface area contributed by atoms with Gasteiger partial charge in [0.2, 0.25) is 5.95 Å². The van der Waals surface area contributed by atoms with E-state index in [1.54, 1.807) is 42.7 Å². The van der Waals surface area contributed by atoms with Crippen LogP contribution in [-0.2, 0) is 10.0 Å². The Morgan fingerprint density at radius 3 is 2.42 bits per heavy atom. The monoisotopic (exact) mass is 482 g/mol. The number of nitrogens with one attached hydrogen (secondary N) is 2. The number of anilines is 2. The number of rotatable bonds is 7. The fourth-order valence-corrected chi connectivity index (χ4v) is 5.48. The summed E-state index contributed by atoms with van der Waals surface area (Å²) in [6, 6.07) is 12.2. The second-order valence-corrected chi connectivity index (χ2v) is 10.3. The molecule has 1 aromatic heterocycles. The molecule has 1 heterocycles. The van der Waals surface area contributed by atoms with Crippen LogP contribution in [0.3, 0.4) is 0 Å². The van der Waals surface area contributed by atoms with Gasteiger partial charge < -0.3 is 5.32 Å². The molecule has 1 fully saturated rings. The molecular formula is C25H27ClN4O2S. The molecule has 172 valence electrons. The zero-order valence-corrected chi connectivity index (χ0v) is 20.0. The fourth-order valence-electron chi connectivity index (χ4n) is 3.91. The Hall–Kier alpha value is -2.90. The summed E-state index contributed by atoms with van der Waals surface area (Å²) < 4.78 is 27.9. The van der Waals surface area contributed by atoms with Crippen LogP contribution in [0.2, 0.25) is 5.02 Å². The maximum absolute atomic E-state index is 12.7. The van der Waals surface area contributed by atoms with Gasteiger partial charge in [-0.3, -0.25) is 4.72 Å². The molecule has 0 saturated heterocycles. The lowest BCUT2D eigenvalue weighted by molar-refractivity contribution is 0.461. The van der Waals surface area contributed by atoms with Crippen molar-refractivity contribution in [2.24, 2.45) is 0 Å². The van der Waals surface area contributed by atoms with Crippen LogP contribution >= 0.6 is 11.6 Å². The first-order valence-corrected chi connectivity index (χ1v) is 12.9. The molecule has 1 saturated carbocycles. The molecule has 2 aromatic carbocycles. The Bertz CT molecular complexity index is 1240. The van der Waals surface area contributed by atoms with Crippen molar-refractivity contribution in [1.29, 1.82) is 0 Å². The van der Waals surface area contributed by atoms with Crippen LogP contribution in [-0.4, -0.2) is 24.4 Å². The summed E-state index contributed by atoms with van der Waals surface area (Å²) in [6.07, 6.45) is 13.7. The summed E-state index contributed by atoms with van der Waals surface area (Å²) in [5.74, 6) is 0.672. The number of halogens is 1. The lowest BCUT2D eigenvalue weighted by atomic mass is 9.96. The predicted molar refractivity (Wildman–Crippen MR) is 135 cm³/mol. The minimum atomic E-state index is -3.77. The number of aryl methyl sites for hydroxylation is 1. The van der Waals surface area contributed by atoms with Crippen molar-refractivity contribution in [2.45, 2.75) is 50.0 Å². The van der Waals surface area contributed by atoms with Crippen molar-refractivity contribution < 1.29 is 8.42 Å². The number of sulfonamides is 1. The molecule has 1 aliphatic carbocycles. The number of benzene rings is 2. The third-order valence-electron chi connectivity index (χ3n) is 5.71. The van der Waals surface area contributed by atoms with E-state index in [1.165, 1.54) is 38.2 Å². The molecule has 3 aromatic rings. The normalized spacial score (nSPS) is 15.0. The summed E-state index contributed by atoms with van der Waals surface area (Å²) in [5.41, 5.74) is 3.28.